The summed E-state index contributed by atoms with van der Waals surface area (Å²) in [5, 5.41) is 0. The fourth-order valence-corrected chi connectivity index (χ4v) is 3.40. The van der Waals surface area contributed by atoms with E-state index in [2.05, 4.69) is 26.6 Å². The summed E-state index contributed by atoms with van der Waals surface area (Å²) in [6.07, 6.45) is 0.312. The normalized spacial score (nSPS) is 19.4. The lowest BCUT2D eigenvalue weighted by atomic mass is 10.2. The Balaban J connectivity index is 0.000000229. The van der Waals surface area contributed by atoms with Crippen LogP contribution >= 0.6 is 0 Å². The minimum absolute atomic E-state index is 0.0374. The van der Waals surface area contributed by atoms with Gasteiger partial charge in [-0.2, -0.15) is 0 Å². The SMILES string of the molecule is CC1CCN(CC(F)F)C1.Nc1ncc(-c2cnc(CC3CC3)[nH]2)cc1OC(F)(F)F. The number of hydrogen-bond donors (Lipinski definition) is 2. The second kappa shape index (κ2) is 9.80. The van der Waals surface area contributed by atoms with Crippen LogP contribution in [0.15, 0.2) is 18.5 Å². The van der Waals surface area contributed by atoms with Crippen LogP contribution in [0.25, 0.3) is 11.3 Å². The zero-order chi connectivity index (χ0) is 22.6. The van der Waals surface area contributed by atoms with Gasteiger partial charge in [-0.3, -0.25) is 4.90 Å². The number of aromatic nitrogens is 3. The molecular formula is C20H26F5N5O. The summed E-state index contributed by atoms with van der Waals surface area (Å²) >= 11 is 0. The molecule has 1 aliphatic heterocycles. The van der Waals surface area contributed by atoms with E-state index in [4.69, 9.17) is 5.73 Å². The topological polar surface area (TPSA) is 80.1 Å². The van der Waals surface area contributed by atoms with Crippen molar-refractivity contribution >= 4 is 5.82 Å². The maximum Gasteiger partial charge on any atom is 0.573 e. The lowest BCUT2D eigenvalue weighted by Gasteiger charge is -2.13. The number of nitrogen functional groups attached to an aromatic ring is 1. The standard InChI is InChI=1S/C13H13F3N4O.C7H13F2N/c14-13(15,16)21-10-4-8(5-19-12(10)17)9-6-18-11(20-9)3-7-1-2-7;1-6-2-3-10(4-6)5-7(8)9/h4-7H,1-3H2,(H2,17,19)(H,18,20);6-7H,2-5H2,1H3. The number of imidazole rings is 1. The van der Waals surface area contributed by atoms with Gasteiger partial charge in [0.25, 0.3) is 6.43 Å². The van der Waals surface area contributed by atoms with Gasteiger partial charge < -0.3 is 15.5 Å². The molecule has 3 heterocycles. The summed E-state index contributed by atoms with van der Waals surface area (Å²) in [5.74, 6) is 1.27. The van der Waals surface area contributed by atoms with E-state index in [1.54, 1.807) is 6.20 Å². The highest BCUT2D eigenvalue weighted by Gasteiger charge is 2.32. The number of H-pyrrole nitrogens is 1. The Morgan fingerprint density at radius 3 is 2.55 bits per heavy atom. The molecule has 172 valence electrons. The third kappa shape index (κ3) is 7.64. The van der Waals surface area contributed by atoms with Crippen molar-refractivity contribution < 1.29 is 26.7 Å². The fraction of sp³-hybridized carbons (Fsp3) is 0.600. The molecule has 1 aliphatic carbocycles. The number of halogens is 5. The second-order valence-corrected chi connectivity index (χ2v) is 8.09. The molecule has 0 radical (unpaired) electrons. The molecule has 1 saturated carbocycles. The number of nitrogens with zero attached hydrogens (tertiary/aromatic N) is 3. The molecule has 0 spiro atoms. The highest BCUT2D eigenvalue weighted by Crippen LogP contribution is 2.33. The zero-order valence-electron chi connectivity index (χ0n) is 17.1. The molecule has 31 heavy (non-hydrogen) atoms. The van der Waals surface area contributed by atoms with E-state index >= 15 is 0 Å². The molecule has 2 aromatic heterocycles. The lowest BCUT2D eigenvalue weighted by molar-refractivity contribution is -0.274. The third-order valence-electron chi connectivity index (χ3n) is 5.13. The van der Waals surface area contributed by atoms with Gasteiger partial charge in [-0.25, -0.2) is 18.7 Å². The monoisotopic (exact) mass is 447 g/mol. The van der Waals surface area contributed by atoms with Crippen LogP contribution in [0.2, 0.25) is 0 Å². The number of rotatable bonds is 6. The number of aromatic amines is 1. The Kier molecular flexibility index (Phi) is 7.34. The van der Waals surface area contributed by atoms with E-state index in [0.717, 1.165) is 31.8 Å². The molecule has 4 rings (SSSR count). The number of nitrogens with one attached hydrogen (secondary N) is 1. The maximum atomic E-state index is 12.3. The molecule has 6 nitrogen and oxygen atoms in total. The predicted octanol–water partition coefficient (Wildman–Crippen LogP) is 4.50. The molecule has 1 unspecified atom stereocenters. The summed E-state index contributed by atoms with van der Waals surface area (Å²) < 4.78 is 64.3. The second-order valence-electron chi connectivity index (χ2n) is 8.09. The van der Waals surface area contributed by atoms with Crippen molar-refractivity contribution in [2.24, 2.45) is 11.8 Å². The molecule has 1 atom stereocenters. The van der Waals surface area contributed by atoms with Crippen LogP contribution in [0.4, 0.5) is 27.8 Å². The molecule has 1 saturated heterocycles. The highest BCUT2D eigenvalue weighted by molar-refractivity contribution is 5.63. The van der Waals surface area contributed by atoms with Crippen molar-refractivity contribution in [3.8, 4) is 17.0 Å². The van der Waals surface area contributed by atoms with E-state index in [1.165, 1.54) is 25.1 Å². The first-order valence-corrected chi connectivity index (χ1v) is 10.1. The van der Waals surface area contributed by atoms with Gasteiger partial charge >= 0.3 is 6.36 Å². The van der Waals surface area contributed by atoms with Gasteiger partial charge in [0.15, 0.2) is 11.6 Å². The molecule has 2 aromatic rings. The average Bonchev–Trinajstić information content (AvgIpc) is 3.19. The third-order valence-corrected chi connectivity index (χ3v) is 5.13. The molecule has 11 heteroatoms. The summed E-state index contributed by atoms with van der Waals surface area (Å²) in [6.45, 7) is 3.77. The molecule has 3 N–H and O–H groups in total. The minimum Gasteiger partial charge on any atom is -0.402 e. The van der Waals surface area contributed by atoms with Gasteiger partial charge in [-0.15, -0.1) is 13.2 Å². The van der Waals surface area contributed by atoms with Crippen molar-refractivity contribution in [3.05, 3.63) is 24.3 Å². The van der Waals surface area contributed by atoms with Crippen LogP contribution < -0.4 is 10.5 Å². The number of pyridine rings is 1. The molecule has 2 aliphatic rings. The van der Waals surface area contributed by atoms with Crippen molar-refractivity contribution in [2.75, 3.05) is 25.4 Å². The van der Waals surface area contributed by atoms with E-state index in [1.807, 2.05) is 4.90 Å². The number of ether oxygens (including phenoxy) is 1. The number of alkyl halides is 5. The summed E-state index contributed by atoms with van der Waals surface area (Å²) in [5.41, 5.74) is 6.42. The van der Waals surface area contributed by atoms with Crippen LogP contribution in [-0.4, -0.2) is 52.3 Å². The van der Waals surface area contributed by atoms with E-state index in [9.17, 15) is 22.0 Å². The van der Waals surface area contributed by atoms with E-state index < -0.39 is 18.5 Å². The Bertz CT molecular complexity index is 853. The minimum atomic E-state index is -4.81. The average molecular weight is 447 g/mol. The predicted molar refractivity (Wildman–Crippen MR) is 106 cm³/mol. The largest absolute Gasteiger partial charge is 0.573 e. The Morgan fingerprint density at radius 2 is 1.97 bits per heavy atom. The first kappa shape index (κ1) is 23.2. The Labute approximate surface area is 177 Å². The molecular weight excluding hydrogens is 421 g/mol. The van der Waals surface area contributed by atoms with Crippen molar-refractivity contribution in [1.29, 1.82) is 0 Å². The van der Waals surface area contributed by atoms with Gasteiger partial charge in [0.1, 0.15) is 5.82 Å². The summed E-state index contributed by atoms with van der Waals surface area (Å²) in [6, 6.07) is 1.20. The smallest absolute Gasteiger partial charge is 0.402 e. The maximum absolute atomic E-state index is 12.3. The van der Waals surface area contributed by atoms with Crippen LogP contribution in [0.5, 0.6) is 5.75 Å². The quantitative estimate of drug-likeness (QED) is 0.638. The van der Waals surface area contributed by atoms with Crippen molar-refractivity contribution in [1.82, 2.24) is 19.9 Å². The van der Waals surface area contributed by atoms with E-state index in [-0.39, 0.29) is 12.4 Å². The number of hydrogen-bond acceptors (Lipinski definition) is 5. The first-order valence-electron chi connectivity index (χ1n) is 10.1. The summed E-state index contributed by atoms with van der Waals surface area (Å²) in [7, 11) is 0. The number of nitrogens with two attached hydrogens (primary N) is 1. The van der Waals surface area contributed by atoms with Gasteiger partial charge in [0.05, 0.1) is 18.4 Å². The van der Waals surface area contributed by atoms with Crippen LogP contribution in [0.3, 0.4) is 0 Å². The van der Waals surface area contributed by atoms with E-state index in [0.29, 0.717) is 23.1 Å². The first-order chi connectivity index (χ1) is 14.6. The summed E-state index contributed by atoms with van der Waals surface area (Å²) in [4.78, 5) is 12.9. The van der Waals surface area contributed by atoms with Gasteiger partial charge in [0.2, 0.25) is 0 Å². The van der Waals surface area contributed by atoms with Crippen molar-refractivity contribution in [2.45, 2.75) is 45.4 Å². The molecule has 0 amide bonds. The van der Waals surface area contributed by atoms with Crippen molar-refractivity contribution in [3.63, 3.8) is 0 Å². The molecule has 2 fully saturated rings. The highest BCUT2D eigenvalue weighted by atomic mass is 19.4. The lowest BCUT2D eigenvalue weighted by Crippen LogP contribution is -2.26. The zero-order valence-corrected chi connectivity index (χ0v) is 17.1. The van der Waals surface area contributed by atoms with Crippen LogP contribution in [-0.2, 0) is 6.42 Å². The fourth-order valence-electron chi connectivity index (χ4n) is 3.40. The van der Waals surface area contributed by atoms with Gasteiger partial charge in [0, 0.05) is 24.7 Å². The molecule has 0 aromatic carbocycles. The van der Waals surface area contributed by atoms with Crippen LogP contribution in [0, 0.1) is 11.8 Å². The van der Waals surface area contributed by atoms with Gasteiger partial charge in [-0.1, -0.05) is 6.92 Å². The van der Waals surface area contributed by atoms with Crippen LogP contribution in [0.1, 0.15) is 32.0 Å². The number of anilines is 1. The Hall–Kier alpha value is -2.43. The molecule has 0 bridgehead atoms. The number of likely N-dealkylation sites (tertiary alicyclic amines) is 1. The Morgan fingerprint density at radius 1 is 1.23 bits per heavy atom. The van der Waals surface area contributed by atoms with Gasteiger partial charge in [-0.05, 0) is 43.7 Å².